The van der Waals surface area contributed by atoms with Crippen LogP contribution in [-0.2, 0) is 0 Å². The molecule has 0 aliphatic carbocycles. The Morgan fingerprint density at radius 1 is 1.38 bits per heavy atom. The second kappa shape index (κ2) is 4.22. The van der Waals surface area contributed by atoms with Gasteiger partial charge >= 0.3 is 0 Å². The van der Waals surface area contributed by atoms with Gasteiger partial charge < -0.3 is 4.52 Å². The lowest BCUT2D eigenvalue weighted by Gasteiger charge is -1.97. The Labute approximate surface area is 97.2 Å². The largest absolute Gasteiger partial charge is 0.334 e. The molecular formula is C11H10ClFN2O. The van der Waals surface area contributed by atoms with Gasteiger partial charge in [0.05, 0.1) is 5.38 Å². The third-order valence-corrected chi connectivity index (χ3v) is 2.28. The third kappa shape index (κ3) is 2.22. The van der Waals surface area contributed by atoms with Crippen molar-refractivity contribution in [1.82, 2.24) is 10.1 Å². The lowest BCUT2D eigenvalue weighted by atomic mass is 10.1. The van der Waals surface area contributed by atoms with Crippen LogP contribution in [0.3, 0.4) is 0 Å². The summed E-state index contributed by atoms with van der Waals surface area (Å²) in [5.41, 5.74) is 1.36. The number of alkyl halides is 1. The van der Waals surface area contributed by atoms with Crippen LogP contribution < -0.4 is 0 Å². The van der Waals surface area contributed by atoms with Crippen molar-refractivity contribution >= 4 is 11.6 Å². The summed E-state index contributed by atoms with van der Waals surface area (Å²) in [6, 6.07) is 4.56. The molecule has 2 aromatic rings. The van der Waals surface area contributed by atoms with Crippen molar-refractivity contribution in [3.05, 3.63) is 35.4 Å². The molecule has 0 amide bonds. The Bertz CT molecular complexity index is 490. The number of rotatable bonds is 2. The van der Waals surface area contributed by atoms with Crippen LogP contribution >= 0.6 is 11.6 Å². The van der Waals surface area contributed by atoms with Crippen molar-refractivity contribution in [2.75, 3.05) is 0 Å². The van der Waals surface area contributed by atoms with E-state index in [-0.39, 0.29) is 17.1 Å². The van der Waals surface area contributed by atoms with Gasteiger partial charge in [-0.2, -0.15) is 4.98 Å². The van der Waals surface area contributed by atoms with Crippen LogP contribution in [0.4, 0.5) is 4.39 Å². The van der Waals surface area contributed by atoms with Gasteiger partial charge in [0.1, 0.15) is 5.82 Å². The number of aryl methyl sites for hydroxylation is 1. The van der Waals surface area contributed by atoms with Crippen LogP contribution in [0.15, 0.2) is 22.7 Å². The highest BCUT2D eigenvalue weighted by atomic mass is 35.5. The average Bonchev–Trinajstić information content (AvgIpc) is 2.64. The van der Waals surface area contributed by atoms with Gasteiger partial charge in [-0.25, -0.2) is 4.39 Å². The third-order valence-electron chi connectivity index (χ3n) is 2.09. The average molecular weight is 241 g/mol. The van der Waals surface area contributed by atoms with Crippen molar-refractivity contribution in [1.29, 1.82) is 0 Å². The molecule has 16 heavy (non-hydrogen) atoms. The van der Waals surface area contributed by atoms with Gasteiger partial charge in [0.2, 0.25) is 0 Å². The summed E-state index contributed by atoms with van der Waals surface area (Å²) >= 11 is 5.81. The predicted octanol–water partition coefficient (Wildman–Crippen LogP) is 3.48. The Morgan fingerprint density at radius 2 is 2.12 bits per heavy atom. The molecule has 3 nitrogen and oxygen atoms in total. The minimum absolute atomic E-state index is 0.283. The molecular weight excluding hydrogens is 231 g/mol. The highest BCUT2D eigenvalue weighted by Gasteiger charge is 2.13. The second-order valence-electron chi connectivity index (χ2n) is 3.59. The molecule has 2 rings (SSSR count). The lowest BCUT2D eigenvalue weighted by Crippen LogP contribution is -1.87. The molecule has 0 fully saturated rings. The van der Waals surface area contributed by atoms with Crippen LogP contribution in [0.25, 0.3) is 11.5 Å². The molecule has 1 atom stereocenters. The van der Waals surface area contributed by atoms with E-state index < -0.39 is 0 Å². The fourth-order valence-corrected chi connectivity index (χ4v) is 1.46. The first-order chi connectivity index (χ1) is 7.56. The van der Waals surface area contributed by atoms with Gasteiger partial charge in [-0.1, -0.05) is 5.16 Å². The number of nitrogens with zero attached hydrogens (tertiary/aromatic N) is 2. The van der Waals surface area contributed by atoms with Crippen molar-refractivity contribution in [2.45, 2.75) is 19.2 Å². The zero-order chi connectivity index (χ0) is 11.7. The molecule has 0 bridgehead atoms. The van der Waals surface area contributed by atoms with E-state index >= 15 is 0 Å². The van der Waals surface area contributed by atoms with Crippen molar-refractivity contribution in [3.63, 3.8) is 0 Å². The lowest BCUT2D eigenvalue weighted by molar-refractivity contribution is 0.422. The van der Waals surface area contributed by atoms with Gasteiger partial charge in [-0.3, -0.25) is 0 Å². The molecule has 0 N–H and O–H groups in total. The first-order valence-electron chi connectivity index (χ1n) is 4.81. The predicted molar refractivity (Wildman–Crippen MR) is 58.7 cm³/mol. The molecule has 1 aromatic heterocycles. The van der Waals surface area contributed by atoms with Gasteiger partial charge in [-0.15, -0.1) is 11.6 Å². The molecule has 1 heterocycles. The van der Waals surface area contributed by atoms with E-state index in [9.17, 15) is 4.39 Å². The van der Waals surface area contributed by atoms with Crippen LogP contribution in [0.1, 0.15) is 23.7 Å². The van der Waals surface area contributed by atoms with E-state index in [2.05, 4.69) is 10.1 Å². The van der Waals surface area contributed by atoms with Crippen LogP contribution in [0.2, 0.25) is 0 Å². The molecule has 1 aromatic carbocycles. The second-order valence-corrected chi connectivity index (χ2v) is 4.25. The standard InChI is InChI=1S/C11H10ClFN2O/c1-6-3-8(5-9(13)4-6)11-14-10(7(2)12)15-16-11/h3-5,7H,1-2H3. The highest BCUT2D eigenvalue weighted by molar-refractivity contribution is 6.20. The minimum Gasteiger partial charge on any atom is -0.334 e. The molecule has 0 saturated heterocycles. The first-order valence-corrected chi connectivity index (χ1v) is 5.25. The van der Waals surface area contributed by atoms with E-state index in [1.165, 1.54) is 12.1 Å². The maximum Gasteiger partial charge on any atom is 0.258 e. The van der Waals surface area contributed by atoms with Gasteiger partial charge in [0, 0.05) is 5.56 Å². The fraction of sp³-hybridized carbons (Fsp3) is 0.273. The summed E-state index contributed by atoms with van der Waals surface area (Å²) in [6.45, 7) is 3.54. The summed E-state index contributed by atoms with van der Waals surface area (Å²) in [5.74, 6) is 0.359. The molecule has 0 saturated carbocycles. The molecule has 5 heteroatoms. The summed E-state index contributed by atoms with van der Waals surface area (Å²) < 4.78 is 18.2. The van der Waals surface area contributed by atoms with E-state index in [0.717, 1.165) is 5.56 Å². The van der Waals surface area contributed by atoms with Gasteiger partial charge in [0.25, 0.3) is 5.89 Å². The van der Waals surface area contributed by atoms with Gasteiger partial charge in [0.15, 0.2) is 5.82 Å². The molecule has 0 radical (unpaired) electrons. The maximum atomic E-state index is 13.2. The SMILES string of the molecule is Cc1cc(F)cc(-c2nc(C(C)Cl)no2)c1. The minimum atomic E-state index is -0.327. The molecule has 0 aliphatic rings. The van der Waals surface area contributed by atoms with Crippen molar-refractivity contribution < 1.29 is 8.91 Å². The van der Waals surface area contributed by atoms with Gasteiger partial charge in [-0.05, 0) is 37.6 Å². The molecule has 84 valence electrons. The highest BCUT2D eigenvalue weighted by Crippen LogP contribution is 2.23. The number of aromatic nitrogens is 2. The van der Waals surface area contributed by atoms with Crippen LogP contribution in [-0.4, -0.2) is 10.1 Å². The summed E-state index contributed by atoms with van der Waals surface area (Å²) in [6.07, 6.45) is 0. The van der Waals surface area contributed by atoms with E-state index in [4.69, 9.17) is 16.1 Å². The first kappa shape index (κ1) is 11.1. The fourth-order valence-electron chi connectivity index (χ4n) is 1.37. The van der Waals surface area contributed by atoms with Crippen LogP contribution in [0, 0.1) is 12.7 Å². The van der Waals surface area contributed by atoms with E-state index in [1.54, 1.807) is 19.9 Å². The van der Waals surface area contributed by atoms with E-state index in [1.807, 2.05) is 0 Å². The number of benzene rings is 1. The quantitative estimate of drug-likeness (QED) is 0.755. The Kier molecular flexibility index (Phi) is 2.92. The monoisotopic (exact) mass is 240 g/mol. The molecule has 1 unspecified atom stereocenters. The summed E-state index contributed by atoms with van der Waals surface area (Å²) in [4.78, 5) is 4.09. The summed E-state index contributed by atoms with van der Waals surface area (Å²) in [5, 5.41) is 3.38. The Balaban J connectivity index is 2.42. The van der Waals surface area contributed by atoms with Crippen molar-refractivity contribution in [2.24, 2.45) is 0 Å². The van der Waals surface area contributed by atoms with Crippen LogP contribution in [0.5, 0.6) is 0 Å². The molecule has 0 aliphatic heterocycles. The number of hydrogen-bond acceptors (Lipinski definition) is 3. The number of halogens is 2. The Hall–Kier alpha value is -1.42. The summed E-state index contributed by atoms with van der Waals surface area (Å²) in [7, 11) is 0. The zero-order valence-electron chi connectivity index (χ0n) is 8.87. The van der Waals surface area contributed by atoms with Crippen molar-refractivity contribution in [3.8, 4) is 11.5 Å². The normalized spacial score (nSPS) is 12.8. The smallest absolute Gasteiger partial charge is 0.258 e. The topological polar surface area (TPSA) is 38.9 Å². The Morgan fingerprint density at radius 3 is 2.69 bits per heavy atom. The zero-order valence-corrected chi connectivity index (χ0v) is 9.62. The number of hydrogen-bond donors (Lipinski definition) is 0. The van der Waals surface area contributed by atoms with E-state index in [0.29, 0.717) is 11.4 Å². The molecule has 0 spiro atoms. The maximum absolute atomic E-state index is 13.2.